The van der Waals surface area contributed by atoms with Crippen LogP contribution in [-0.4, -0.2) is 40.2 Å². The molecule has 3 heterocycles. The summed E-state index contributed by atoms with van der Waals surface area (Å²) in [5, 5.41) is 1.50. The maximum atomic E-state index is 14.5. The second kappa shape index (κ2) is 8.80. The molecule has 33 heavy (non-hydrogen) atoms. The largest absolute Gasteiger partial charge is 0.466 e. The van der Waals surface area contributed by atoms with E-state index in [1.165, 1.54) is 6.07 Å². The molecule has 170 valence electrons. The molecule has 2 aromatic heterocycles. The molecule has 1 aliphatic heterocycles. The Hall–Kier alpha value is -2.90. The summed E-state index contributed by atoms with van der Waals surface area (Å²) in [5.41, 5.74) is 1.65. The minimum atomic E-state index is -0.392. The summed E-state index contributed by atoms with van der Waals surface area (Å²) in [6, 6.07) is 12.0. The van der Waals surface area contributed by atoms with Crippen LogP contribution in [0, 0.1) is 11.7 Å². The Morgan fingerprint density at radius 3 is 2.64 bits per heavy atom. The lowest BCUT2D eigenvalue weighted by Gasteiger charge is -2.31. The average molecular weight is 487 g/mol. The fraction of sp³-hybridized carbons (Fsp3) is 0.292. The summed E-state index contributed by atoms with van der Waals surface area (Å²) >= 11 is 12.6. The SMILES string of the molecule is CCOC(=O)C1CCN(c2nc3cc(Cl)c(Cl)cc3n2-c2ccc3cccc(F)c3n2)CC1. The van der Waals surface area contributed by atoms with Gasteiger partial charge >= 0.3 is 5.97 Å². The van der Waals surface area contributed by atoms with Crippen LogP contribution in [0.15, 0.2) is 42.5 Å². The number of para-hydroxylation sites is 1. The van der Waals surface area contributed by atoms with Crippen molar-refractivity contribution < 1.29 is 13.9 Å². The molecule has 0 saturated carbocycles. The van der Waals surface area contributed by atoms with Gasteiger partial charge in [0.1, 0.15) is 17.2 Å². The minimum absolute atomic E-state index is 0.129. The third-order valence-electron chi connectivity index (χ3n) is 5.96. The lowest BCUT2D eigenvalue weighted by molar-refractivity contribution is -0.148. The van der Waals surface area contributed by atoms with E-state index in [0.29, 0.717) is 65.3 Å². The van der Waals surface area contributed by atoms with Crippen LogP contribution < -0.4 is 4.90 Å². The number of carbonyl (C=O) groups is 1. The predicted molar refractivity (Wildman–Crippen MR) is 128 cm³/mol. The molecule has 0 radical (unpaired) electrons. The molecular formula is C24H21Cl2FN4O2. The molecule has 0 atom stereocenters. The quantitative estimate of drug-likeness (QED) is 0.341. The maximum Gasteiger partial charge on any atom is 0.309 e. The lowest BCUT2D eigenvalue weighted by atomic mass is 9.97. The maximum absolute atomic E-state index is 14.5. The average Bonchev–Trinajstić information content (AvgIpc) is 3.18. The number of ether oxygens (including phenoxy) is 1. The van der Waals surface area contributed by atoms with E-state index in [9.17, 15) is 9.18 Å². The second-order valence-corrected chi connectivity index (χ2v) is 8.81. The highest BCUT2D eigenvalue weighted by Gasteiger charge is 2.29. The van der Waals surface area contributed by atoms with Crippen LogP contribution in [0.3, 0.4) is 0 Å². The number of imidazole rings is 1. The van der Waals surface area contributed by atoms with E-state index in [4.69, 9.17) is 32.9 Å². The summed E-state index contributed by atoms with van der Waals surface area (Å²) in [6.07, 6.45) is 1.31. The van der Waals surface area contributed by atoms with E-state index in [1.807, 2.05) is 29.7 Å². The molecule has 5 rings (SSSR count). The van der Waals surface area contributed by atoms with Gasteiger partial charge in [0.05, 0.1) is 33.6 Å². The Balaban J connectivity index is 1.61. The Labute approximate surface area is 199 Å². The highest BCUT2D eigenvalue weighted by atomic mass is 35.5. The van der Waals surface area contributed by atoms with Crippen molar-refractivity contribution in [1.29, 1.82) is 0 Å². The number of fused-ring (bicyclic) bond motifs is 2. The number of rotatable bonds is 4. The van der Waals surface area contributed by atoms with E-state index in [1.54, 1.807) is 18.2 Å². The van der Waals surface area contributed by atoms with Crippen molar-refractivity contribution >= 4 is 57.1 Å². The first-order chi connectivity index (χ1) is 16.0. The van der Waals surface area contributed by atoms with Gasteiger partial charge in [-0.2, -0.15) is 0 Å². The van der Waals surface area contributed by atoms with Gasteiger partial charge in [-0.1, -0.05) is 35.3 Å². The van der Waals surface area contributed by atoms with Gasteiger partial charge in [-0.3, -0.25) is 9.36 Å². The normalized spacial score (nSPS) is 14.8. The van der Waals surface area contributed by atoms with Gasteiger partial charge in [-0.15, -0.1) is 0 Å². The van der Waals surface area contributed by atoms with Gasteiger partial charge in [0.15, 0.2) is 0 Å². The molecule has 2 aromatic carbocycles. The zero-order valence-electron chi connectivity index (χ0n) is 17.9. The highest BCUT2D eigenvalue weighted by Crippen LogP contribution is 2.34. The number of pyridine rings is 1. The number of esters is 1. The van der Waals surface area contributed by atoms with Crippen LogP contribution in [0.1, 0.15) is 19.8 Å². The molecule has 1 fully saturated rings. The van der Waals surface area contributed by atoms with Gasteiger partial charge < -0.3 is 9.64 Å². The molecule has 4 aromatic rings. The van der Waals surface area contributed by atoms with Crippen LogP contribution in [0.5, 0.6) is 0 Å². The number of benzene rings is 2. The number of nitrogens with zero attached hydrogens (tertiary/aromatic N) is 4. The van der Waals surface area contributed by atoms with Gasteiger partial charge in [0.25, 0.3) is 0 Å². The standard InChI is InChI=1S/C24H21Cl2FN4O2/c1-2-33-23(32)15-8-10-30(11-9-15)24-28-19-12-16(25)17(26)13-20(19)31(24)21-7-6-14-4-3-5-18(27)22(14)29-21/h3-7,12-13,15H,2,8-11H2,1H3. The van der Waals surface area contributed by atoms with Gasteiger partial charge in [0.2, 0.25) is 5.95 Å². The van der Waals surface area contributed by atoms with Crippen LogP contribution in [-0.2, 0) is 9.53 Å². The number of halogens is 3. The van der Waals surface area contributed by atoms with Gasteiger partial charge in [0, 0.05) is 18.5 Å². The second-order valence-electron chi connectivity index (χ2n) is 8.00. The zero-order chi connectivity index (χ0) is 23.1. The van der Waals surface area contributed by atoms with E-state index in [-0.39, 0.29) is 17.4 Å². The Bertz CT molecular complexity index is 1370. The Kier molecular flexibility index (Phi) is 5.85. The van der Waals surface area contributed by atoms with Crippen molar-refractivity contribution in [2.75, 3.05) is 24.6 Å². The third kappa shape index (κ3) is 4.00. The van der Waals surface area contributed by atoms with Crippen molar-refractivity contribution in [3.8, 4) is 5.82 Å². The number of aromatic nitrogens is 3. The van der Waals surface area contributed by atoms with Crippen LogP contribution in [0.25, 0.3) is 27.8 Å². The summed E-state index contributed by atoms with van der Waals surface area (Å²) in [4.78, 5) is 23.7. The fourth-order valence-corrected chi connectivity index (χ4v) is 4.61. The predicted octanol–water partition coefficient (Wildman–Crippen LogP) is 5.80. The number of anilines is 1. The molecule has 0 unspecified atom stereocenters. The molecule has 9 heteroatoms. The summed E-state index contributed by atoms with van der Waals surface area (Å²) < 4.78 is 21.6. The molecule has 0 aliphatic carbocycles. The fourth-order valence-electron chi connectivity index (χ4n) is 4.30. The van der Waals surface area contributed by atoms with E-state index < -0.39 is 5.82 Å². The zero-order valence-corrected chi connectivity index (χ0v) is 19.4. The molecule has 1 aliphatic rings. The lowest BCUT2D eigenvalue weighted by Crippen LogP contribution is -2.38. The Morgan fingerprint density at radius 2 is 1.88 bits per heavy atom. The van der Waals surface area contributed by atoms with Crippen molar-refractivity contribution in [2.45, 2.75) is 19.8 Å². The Morgan fingerprint density at radius 1 is 1.12 bits per heavy atom. The van der Waals surface area contributed by atoms with Crippen molar-refractivity contribution in [3.05, 3.63) is 58.3 Å². The first-order valence-corrected chi connectivity index (χ1v) is 11.6. The first kappa shape index (κ1) is 21.9. The van der Waals surface area contributed by atoms with Crippen LogP contribution in [0.4, 0.5) is 10.3 Å². The third-order valence-corrected chi connectivity index (χ3v) is 6.68. The van der Waals surface area contributed by atoms with Crippen LogP contribution >= 0.6 is 23.2 Å². The van der Waals surface area contributed by atoms with Crippen LogP contribution in [0.2, 0.25) is 10.0 Å². The van der Waals surface area contributed by atoms with E-state index in [2.05, 4.69) is 9.88 Å². The van der Waals surface area contributed by atoms with E-state index >= 15 is 0 Å². The monoisotopic (exact) mass is 486 g/mol. The number of carbonyl (C=O) groups excluding carboxylic acids is 1. The molecule has 0 amide bonds. The molecule has 1 saturated heterocycles. The number of hydrogen-bond donors (Lipinski definition) is 0. The molecule has 0 N–H and O–H groups in total. The molecular weight excluding hydrogens is 466 g/mol. The minimum Gasteiger partial charge on any atom is -0.466 e. The van der Waals surface area contributed by atoms with Crippen molar-refractivity contribution in [3.63, 3.8) is 0 Å². The topological polar surface area (TPSA) is 60.2 Å². The van der Waals surface area contributed by atoms with Gasteiger partial charge in [-0.25, -0.2) is 14.4 Å². The number of hydrogen-bond acceptors (Lipinski definition) is 5. The van der Waals surface area contributed by atoms with Gasteiger partial charge in [-0.05, 0) is 50.1 Å². The summed E-state index contributed by atoms with van der Waals surface area (Å²) in [5.74, 6) is 0.494. The summed E-state index contributed by atoms with van der Waals surface area (Å²) in [7, 11) is 0. The van der Waals surface area contributed by atoms with Crippen molar-refractivity contribution in [1.82, 2.24) is 14.5 Å². The smallest absolute Gasteiger partial charge is 0.309 e. The highest BCUT2D eigenvalue weighted by molar-refractivity contribution is 6.42. The van der Waals surface area contributed by atoms with Crippen molar-refractivity contribution in [2.24, 2.45) is 5.92 Å². The molecule has 0 spiro atoms. The van der Waals surface area contributed by atoms with E-state index in [0.717, 1.165) is 5.52 Å². The number of piperidine rings is 1. The first-order valence-electron chi connectivity index (χ1n) is 10.8. The molecule has 0 bridgehead atoms. The molecule has 6 nitrogen and oxygen atoms in total. The summed E-state index contributed by atoms with van der Waals surface area (Å²) in [6.45, 7) is 3.43.